The minimum absolute atomic E-state index is 0.0130. The molecule has 3 rings (SSSR count). The molecule has 7 nitrogen and oxygen atoms in total. The van der Waals surface area contributed by atoms with Gasteiger partial charge in [-0.2, -0.15) is 0 Å². The summed E-state index contributed by atoms with van der Waals surface area (Å²) >= 11 is 0. The lowest BCUT2D eigenvalue weighted by Crippen LogP contribution is -2.45. The van der Waals surface area contributed by atoms with E-state index in [-0.39, 0.29) is 23.8 Å². The van der Waals surface area contributed by atoms with E-state index < -0.39 is 18.5 Å². The molecule has 0 bridgehead atoms. The molecule has 0 fully saturated rings. The van der Waals surface area contributed by atoms with Crippen LogP contribution in [0.1, 0.15) is 34.5 Å². The van der Waals surface area contributed by atoms with Crippen LogP contribution in [0.5, 0.6) is 5.75 Å². The summed E-state index contributed by atoms with van der Waals surface area (Å²) in [6.07, 6.45) is -2.06. The highest BCUT2D eigenvalue weighted by atomic mass is 19.3. The molecule has 4 N–H and O–H groups in total. The van der Waals surface area contributed by atoms with Crippen molar-refractivity contribution >= 4 is 12.2 Å². The Hall–Kier alpha value is -3.46. The Kier molecular flexibility index (Phi) is 6.86. The number of benzene rings is 2. The molecule has 0 aromatic heterocycles. The number of methoxy groups -OCH3 is 1. The Bertz CT molecular complexity index is 979. The average molecular weight is 430 g/mol. The predicted octanol–water partition coefficient (Wildman–Crippen LogP) is 2.51. The molecule has 1 amide bonds. The third-order valence-electron chi connectivity index (χ3n) is 5.15. The first-order chi connectivity index (χ1) is 14.9. The number of carbonyl (C=O) groups is 2. The number of hydrogen-bond acceptors (Lipinski definition) is 6. The molecule has 0 aliphatic carbocycles. The number of amides is 1. The maximum absolute atomic E-state index is 13.1. The molecule has 1 heterocycles. The lowest BCUT2D eigenvalue weighted by atomic mass is 10.00. The highest BCUT2D eigenvalue weighted by Crippen LogP contribution is 2.31. The van der Waals surface area contributed by atoms with Gasteiger partial charge in [0, 0.05) is 6.54 Å². The smallest absolute Gasteiger partial charge is 0.259 e. The van der Waals surface area contributed by atoms with E-state index in [2.05, 4.69) is 10.7 Å². The van der Waals surface area contributed by atoms with Crippen LogP contribution < -0.4 is 21.2 Å². The minimum atomic E-state index is -2.63. The number of alkyl halides is 2. The van der Waals surface area contributed by atoms with E-state index >= 15 is 0 Å². The number of carbonyl (C=O) groups excluding carboxylic acids is 2. The Labute approximate surface area is 178 Å². The number of hydrogen-bond donors (Lipinski definition) is 3. The van der Waals surface area contributed by atoms with Crippen molar-refractivity contribution in [2.45, 2.75) is 32.0 Å². The Morgan fingerprint density at radius 1 is 1.26 bits per heavy atom. The predicted molar refractivity (Wildman–Crippen MR) is 111 cm³/mol. The highest BCUT2D eigenvalue weighted by Gasteiger charge is 2.36. The van der Waals surface area contributed by atoms with Gasteiger partial charge in [0.05, 0.1) is 24.3 Å². The van der Waals surface area contributed by atoms with Crippen LogP contribution in [0.2, 0.25) is 0 Å². The third-order valence-corrected chi connectivity index (χ3v) is 5.15. The molecule has 31 heavy (non-hydrogen) atoms. The van der Waals surface area contributed by atoms with Crippen molar-refractivity contribution in [3.8, 4) is 5.75 Å². The van der Waals surface area contributed by atoms with Gasteiger partial charge in [0.15, 0.2) is 6.29 Å². The van der Waals surface area contributed by atoms with Gasteiger partial charge in [0.2, 0.25) is 0 Å². The minimum Gasteiger partial charge on any atom is -0.496 e. The lowest BCUT2D eigenvalue weighted by molar-refractivity contribution is -0.105. The Morgan fingerprint density at radius 2 is 1.94 bits per heavy atom. The fourth-order valence-electron chi connectivity index (χ4n) is 3.34. The van der Waals surface area contributed by atoms with Crippen molar-refractivity contribution in [3.05, 3.63) is 76.6 Å². The molecule has 2 atom stereocenters. The first kappa shape index (κ1) is 22.2. The monoisotopic (exact) mass is 430 g/mol. The van der Waals surface area contributed by atoms with Crippen LogP contribution in [0.15, 0.2) is 59.9 Å². The number of halogens is 2. The summed E-state index contributed by atoms with van der Waals surface area (Å²) in [5.74, 6) is 0.200. The van der Waals surface area contributed by atoms with Crippen LogP contribution in [0.3, 0.4) is 0 Å². The fourth-order valence-corrected chi connectivity index (χ4v) is 3.34. The second-order valence-corrected chi connectivity index (χ2v) is 7.09. The number of para-hydroxylation sites is 1. The molecule has 0 saturated carbocycles. The van der Waals surface area contributed by atoms with Crippen molar-refractivity contribution in [2.24, 2.45) is 5.73 Å². The Morgan fingerprint density at radius 3 is 2.55 bits per heavy atom. The van der Waals surface area contributed by atoms with E-state index in [9.17, 15) is 18.4 Å². The van der Waals surface area contributed by atoms with Crippen LogP contribution in [-0.2, 0) is 11.3 Å². The number of nitrogens with two attached hydrogens (primary N) is 1. The summed E-state index contributed by atoms with van der Waals surface area (Å²) in [5.41, 5.74) is 10.9. The molecule has 2 aromatic carbocycles. The first-order valence-corrected chi connectivity index (χ1v) is 9.65. The van der Waals surface area contributed by atoms with Crippen molar-refractivity contribution < 1.29 is 23.1 Å². The van der Waals surface area contributed by atoms with E-state index in [0.29, 0.717) is 23.2 Å². The summed E-state index contributed by atoms with van der Waals surface area (Å²) in [4.78, 5) is 23.9. The van der Waals surface area contributed by atoms with Gasteiger partial charge in [0.1, 0.15) is 17.6 Å². The van der Waals surface area contributed by atoms with Gasteiger partial charge in [-0.25, -0.2) is 14.2 Å². The quantitative estimate of drug-likeness (QED) is 0.557. The summed E-state index contributed by atoms with van der Waals surface area (Å²) < 4.78 is 31.4. The van der Waals surface area contributed by atoms with E-state index in [1.807, 2.05) is 0 Å². The molecule has 1 aliphatic rings. The normalized spacial score (nSPS) is 17.1. The maximum atomic E-state index is 13.1. The van der Waals surface area contributed by atoms with Crippen LogP contribution in [-0.4, -0.2) is 36.8 Å². The number of ether oxygens (including phenoxy) is 1. The SMILES string of the molecule is COc1ccccc1C(=O)NCc1ccc(C2NN(C(C)C(F)F)C(N)=C2C=O)cc1. The standard InChI is InChI=1S/C22H24F2N4O3/c1-13(20(23)24)28-21(25)17(12-29)19(27-28)15-9-7-14(8-10-15)11-26-22(30)16-5-3-4-6-18(16)31-2/h3-10,12-13,19-20,27H,11,25H2,1-2H3,(H,26,30). The van der Waals surface area contributed by atoms with Gasteiger partial charge in [-0.3, -0.25) is 14.6 Å². The van der Waals surface area contributed by atoms with Crippen molar-refractivity contribution in [2.75, 3.05) is 7.11 Å². The largest absolute Gasteiger partial charge is 0.496 e. The topological polar surface area (TPSA) is 96.7 Å². The summed E-state index contributed by atoms with van der Waals surface area (Å²) in [6.45, 7) is 1.60. The van der Waals surface area contributed by atoms with Crippen LogP contribution in [0, 0.1) is 0 Å². The highest BCUT2D eigenvalue weighted by molar-refractivity contribution is 5.96. The zero-order valence-electron chi connectivity index (χ0n) is 17.1. The van der Waals surface area contributed by atoms with Crippen molar-refractivity contribution in [1.82, 2.24) is 15.8 Å². The average Bonchev–Trinajstić information content (AvgIpc) is 3.13. The van der Waals surface area contributed by atoms with Gasteiger partial charge in [-0.15, -0.1) is 0 Å². The molecule has 0 spiro atoms. The molecule has 0 radical (unpaired) electrons. The summed E-state index contributed by atoms with van der Waals surface area (Å²) in [7, 11) is 1.50. The number of nitrogens with zero attached hydrogens (tertiary/aromatic N) is 1. The van der Waals surface area contributed by atoms with Crippen LogP contribution >= 0.6 is 0 Å². The van der Waals surface area contributed by atoms with Gasteiger partial charge >= 0.3 is 0 Å². The van der Waals surface area contributed by atoms with Gasteiger partial charge < -0.3 is 15.8 Å². The molecule has 2 aromatic rings. The van der Waals surface area contributed by atoms with E-state index in [0.717, 1.165) is 10.6 Å². The molecule has 164 valence electrons. The summed E-state index contributed by atoms with van der Waals surface area (Å²) in [5, 5.41) is 3.95. The first-order valence-electron chi connectivity index (χ1n) is 9.65. The van der Waals surface area contributed by atoms with Gasteiger partial charge in [0.25, 0.3) is 12.3 Å². The van der Waals surface area contributed by atoms with E-state index in [4.69, 9.17) is 10.5 Å². The molecule has 9 heteroatoms. The third kappa shape index (κ3) is 4.66. The van der Waals surface area contributed by atoms with Crippen LogP contribution in [0.4, 0.5) is 8.78 Å². The van der Waals surface area contributed by atoms with Crippen molar-refractivity contribution in [1.29, 1.82) is 0 Å². The molecule has 1 aliphatic heterocycles. The molecular weight excluding hydrogens is 406 g/mol. The van der Waals surface area contributed by atoms with Crippen LogP contribution in [0.25, 0.3) is 0 Å². The van der Waals surface area contributed by atoms with Gasteiger partial charge in [-0.1, -0.05) is 36.4 Å². The fraction of sp³-hybridized carbons (Fsp3) is 0.273. The van der Waals surface area contributed by atoms with E-state index in [1.54, 1.807) is 48.5 Å². The Balaban J connectivity index is 1.69. The molecule has 0 saturated heterocycles. The maximum Gasteiger partial charge on any atom is 0.259 e. The molecular formula is C22H24F2N4O3. The second kappa shape index (κ2) is 9.57. The zero-order chi connectivity index (χ0) is 22.5. The summed E-state index contributed by atoms with van der Waals surface area (Å²) in [6, 6.07) is 12.2. The van der Waals surface area contributed by atoms with E-state index in [1.165, 1.54) is 14.0 Å². The second-order valence-electron chi connectivity index (χ2n) is 7.09. The number of hydrazine groups is 1. The number of rotatable bonds is 8. The van der Waals surface area contributed by atoms with Gasteiger partial charge in [-0.05, 0) is 30.2 Å². The zero-order valence-corrected chi connectivity index (χ0v) is 17.1. The number of nitrogens with one attached hydrogen (secondary N) is 2. The molecule has 2 unspecified atom stereocenters. The van der Waals surface area contributed by atoms with Crippen molar-refractivity contribution in [3.63, 3.8) is 0 Å². The number of aldehydes is 1. The lowest BCUT2D eigenvalue weighted by Gasteiger charge is -2.27.